The summed E-state index contributed by atoms with van der Waals surface area (Å²) in [5, 5.41) is 8.31. The van der Waals surface area contributed by atoms with E-state index in [-0.39, 0.29) is 18.7 Å². The molecular weight excluding hydrogens is 222 g/mol. The number of carbonyl (C=O) groups excluding carboxylic acids is 2. The highest BCUT2D eigenvalue weighted by Crippen LogP contribution is 1.98. The molecule has 0 saturated heterocycles. The molecule has 0 heterocycles. The topological polar surface area (TPSA) is 71.3 Å². The van der Waals surface area contributed by atoms with E-state index in [1.807, 2.05) is 0 Å². The second-order valence-corrected chi connectivity index (χ2v) is 3.01. The van der Waals surface area contributed by atoms with Crippen molar-refractivity contribution in [3.05, 3.63) is 0 Å². The first-order valence-corrected chi connectivity index (χ1v) is 4.92. The maximum absolute atomic E-state index is 11.3. The Balaban J connectivity index is 3.83. The fourth-order valence-corrected chi connectivity index (χ4v) is 0.776. The Morgan fingerprint density at radius 2 is 2.07 bits per heavy atom. The van der Waals surface area contributed by atoms with Gasteiger partial charge >= 0.3 is 5.97 Å². The summed E-state index contributed by atoms with van der Waals surface area (Å²) in [6.45, 7) is 0.357. The lowest BCUT2D eigenvalue weighted by Gasteiger charge is -2.08. The van der Waals surface area contributed by atoms with Gasteiger partial charge in [0.2, 0.25) is 5.91 Å². The molecule has 7 heteroatoms. The number of carbonyl (C=O) groups is 2. The van der Waals surface area contributed by atoms with Gasteiger partial charge in [-0.15, -0.1) is 11.6 Å². The highest BCUT2D eigenvalue weighted by atomic mass is 35.5. The lowest BCUT2D eigenvalue weighted by atomic mass is 10.3. The Labute approximate surface area is 93.2 Å². The summed E-state index contributed by atoms with van der Waals surface area (Å²) in [6, 6.07) is 0. The Bertz CT molecular complexity index is 245. The summed E-state index contributed by atoms with van der Waals surface area (Å²) < 4.78 is 4.40. The van der Waals surface area contributed by atoms with Crippen LogP contribution in [0.4, 0.5) is 0 Å². The lowest BCUT2D eigenvalue weighted by Crippen LogP contribution is -2.21. The van der Waals surface area contributed by atoms with E-state index in [1.54, 1.807) is 0 Å². The predicted octanol–water partition coefficient (Wildman–Crippen LogP) is 1.00. The van der Waals surface area contributed by atoms with Crippen molar-refractivity contribution >= 4 is 23.5 Å². The quantitative estimate of drug-likeness (QED) is 0.298. The van der Waals surface area contributed by atoms with E-state index in [0.29, 0.717) is 12.4 Å². The molecule has 0 aromatic carbocycles. The van der Waals surface area contributed by atoms with Crippen LogP contribution in [0.3, 0.4) is 0 Å². The van der Waals surface area contributed by atoms with Gasteiger partial charge in [-0.3, -0.25) is 9.59 Å². The van der Waals surface area contributed by atoms with Gasteiger partial charge in [0.25, 0.3) is 0 Å². The molecule has 0 N–H and O–H groups in total. The van der Waals surface area contributed by atoms with Crippen LogP contribution >= 0.6 is 11.6 Å². The summed E-state index contributed by atoms with van der Waals surface area (Å²) in [6.07, 6.45) is 0.105. The number of halogens is 1. The smallest absolute Gasteiger partial charge is 0.306 e. The van der Waals surface area contributed by atoms with Gasteiger partial charge in [0.15, 0.2) is 0 Å². The van der Waals surface area contributed by atoms with Gasteiger partial charge in [0.05, 0.1) is 20.1 Å². The van der Waals surface area contributed by atoms with Crippen molar-refractivity contribution in [3.63, 3.8) is 0 Å². The number of hydrogen-bond donors (Lipinski definition) is 0. The van der Waals surface area contributed by atoms with E-state index in [2.05, 4.69) is 15.1 Å². The van der Waals surface area contributed by atoms with Gasteiger partial charge in [-0.25, -0.2) is 5.01 Å². The van der Waals surface area contributed by atoms with Gasteiger partial charge in [-0.2, -0.15) is 5.11 Å². The standard InChI is InChI=1S/C8H14ClN3O3/c1-12(11-10-6-5-9)7(13)3-4-8(14)15-2/h3-6H2,1-2H3. The predicted molar refractivity (Wildman–Crippen MR) is 54.5 cm³/mol. The molecule has 1 amide bonds. The number of alkyl halides is 1. The molecule has 0 unspecified atom stereocenters. The molecule has 6 nitrogen and oxygen atoms in total. The first-order valence-electron chi connectivity index (χ1n) is 4.38. The molecule has 0 aromatic heterocycles. The monoisotopic (exact) mass is 235 g/mol. The van der Waals surface area contributed by atoms with Gasteiger partial charge < -0.3 is 4.74 Å². The Kier molecular flexibility index (Phi) is 7.53. The molecule has 0 spiro atoms. The van der Waals surface area contributed by atoms with Crippen molar-refractivity contribution in [1.82, 2.24) is 5.01 Å². The highest BCUT2D eigenvalue weighted by Gasteiger charge is 2.10. The molecule has 0 aliphatic rings. The minimum Gasteiger partial charge on any atom is -0.469 e. The van der Waals surface area contributed by atoms with Crippen LogP contribution in [-0.4, -0.2) is 43.5 Å². The van der Waals surface area contributed by atoms with Crippen LogP contribution in [0.1, 0.15) is 12.8 Å². The van der Waals surface area contributed by atoms with Crippen molar-refractivity contribution in [2.24, 2.45) is 10.3 Å². The van der Waals surface area contributed by atoms with E-state index in [4.69, 9.17) is 11.6 Å². The Morgan fingerprint density at radius 1 is 1.40 bits per heavy atom. The minimum absolute atomic E-state index is 0.0463. The van der Waals surface area contributed by atoms with E-state index >= 15 is 0 Å². The second-order valence-electron chi connectivity index (χ2n) is 2.64. The minimum atomic E-state index is -0.422. The normalized spacial score (nSPS) is 10.3. The first-order chi connectivity index (χ1) is 7.11. The number of amides is 1. The molecule has 0 rings (SSSR count). The number of nitrogens with zero attached hydrogens (tertiary/aromatic N) is 3. The summed E-state index contributed by atoms with van der Waals surface area (Å²) >= 11 is 5.37. The zero-order chi connectivity index (χ0) is 11.7. The van der Waals surface area contributed by atoms with E-state index < -0.39 is 5.97 Å². The third-order valence-corrected chi connectivity index (χ3v) is 1.68. The van der Waals surface area contributed by atoms with Gasteiger partial charge in [-0.05, 0) is 0 Å². The van der Waals surface area contributed by atoms with Crippen LogP contribution in [0.15, 0.2) is 10.3 Å². The van der Waals surface area contributed by atoms with Gasteiger partial charge in [0, 0.05) is 19.3 Å². The average Bonchev–Trinajstić information content (AvgIpc) is 2.25. The molecule has 0 atom stereocenters. The third-order valence-electron chi connectivity index (χ3n) is 1.51. The van der Waals surface area contributed by atoms with Crippen LogP contribution in [0.2, 0.25) is 0 Å². The largest absolute Gasteiger partial charge is 0.469 e. The van der Waals surface area contributed by atoms with Crippen molar-refractivity contribution in [2.45, 2.75) is 12.8 Å². The molecule has 15 heavy (non-hydrogen) atoms. The summed E-state index contributed by atoms with van der Waals surface area (Å²) in [7, 11) is 2.74. The molecule has 0 aliphatic carbocycles. The second kappa shape index (κ2) is 8.16. The molecule has 0 fully saturated rings. The van der Waals surface area contributed by atoms with Crippen molar-refractivity contribution in [1.29, 1.82) is 0 Å². The Hall–Kier alpha value is -1.17. The summed E-state index contributed by atoms with van der Waals surface area (Å²) in [5.74, 6) is -0.360. The number of rotatable bonds is 6. The fourth-order valence-electron chi connectivity index (χ4n) is 0.700. The number of esters is 1. The number of hydrogen-bond acceptors (Lipinski definition) is 5. The fraction of sp³-hybridized carbons (Fsp3) is 0.750. The highest BCUT2D eigenvalue weighted by molar-refractivity contribution is 6.18. The molecule has 0 saturated carbocycles. The molecule has 0 bridgehead atoms. The number of methoxy groups -OCH3 is 1. The van der Waals surface area contributed by atoms with Crippen LogP contribution in [-0.2, 0) is 14.3 Å². The zero-order valence-electron chi connectivity index (χ0n) is 8.77. The van der Waals surface area contributed by atoms with Crippen LogP contribution in [0.25, 0.3) is 0 Å². The van der Waals surface area contributed by atoms with Crippen LogP contribution < -0.4 is 0 Å². The van der Waals surface area contributed by atoms with Crippen molar-refractivity contribution < 1.29 is 14.3 Å². The van der Waals surface area contributed by atoms with Gasteiger partial charge in [0.1, 0.15) is 0 Å². The van der Waals surface area contributed by atoms with Crippen LogP contribution in [0.5, 0.6) is 0 Å². The maximum Gasteiger partial charge on any atom is 0.306 e. The van der Waals surface area contributed by atoms with Crippen LogP contribution in [0, 0.1) is 0 Å². The SMILES string of the molecule is COC(=O)CCC(=O)N(C)N=NCCCl. The number of ether oxygens (including phenoxy) is 1. The molecule has 0 aromatic rings. The average molecular weight is 236 g/mol. The maximum atomic E-state index is 11.3. The Morgan fingerprint density at radius 3 is 2.60 bits per heavy atom. The molecular formula is C8H14ClN3O3. The van der Waals surface area contributed by atoms with E-state index in [9.17, 15) is 9.59 Å². The molecule has 0 radical (unpaired) electrons. The lowest BCUT2D eigenvalue weighted by molar-refractivity contribution is -0.143. The first kappa shape index (κ1) is 13.8. The summed E-state index contributed by atoms with van der Waals surface area (Å²) in [4.78, 5) is 22.0. The van der Waals surface area contributed by atoms with Gasteiger partial charge in [-0.1, -0.05) is 5.22 Å². The molecule has 0 aliphatic heterocycles. The van der Waals surface area contributed by atoms with E-state index in [1.165, 1.54) is 14.2 Å². The third kappa shape index (κ3) is 6.84. The molecule has 86 valence electrons. The van der Waals surface area contributed by atoms with E-state index in [0.717, 1.165) is 5.01 Å². The van der Waals surface area contributed by atoms with Crippen molar-refractivity contribution in [2.75, 3.05) is 26.6 Å². The van der Waals surface area contributed by atoms with Crippen molar-refractivity contribution in [3.8, 4) is 0 Å². The zero-order valence-corrected chi connectivity index (χ0v) is 9.53. The summed E-state index contributed by atoms with van der Waals surface area (Å²) in [5.41, 5.74) is 0.